The third kappa shape index (κ3) is 9.19. The van der Waals surface area contributed by atoms with Crippen molar-refractivity contribution in [1.29, 1.82) is 0 Å². The number of carboxylic acid groups (broad SMARTS) is 1. The third-order valence-corrected chi connectivity index (χ3v) is 5.51. The van der Waals surface area contributed by atoms with Crippen LogP contribution in [0.25, 0.3) is 0 Å². The first-order chi connectivity index (χ1) is 15.6. The van der Waals surface area contributed by atoms with Gasteiger partial charge in [0.2, 0.25) is 5.82 Å². The quantitative estimate of drug-likeness (QED) is 0.320. The first-order valence-corrected chi connectivity index (χ1v) is 11.0. The smallest absolute Gasteiger partial charge is 0.451 e. The van der Waals surface area contributed by atoms with Gasteiger partial charge in [-0.1, -0.05) is 24.3 Å². The number of aliphatic carboxylic acids is 1. The lowest BCUT2D eigenvalue weighted by molar-refractivity contribution is -0.145. The minimum atomic E-state index is -4.68. The monoisotopic (exact) mass is 465 g/mol. The predicted molar refractivity (Wildman–Crippen MR) is 118 cm³/mol. The van der Waals surface area contributed by atoms with E-state index in [9.17, 15) is 22.8 Å². The highest BCUT2D eigenvalue weighted by atomic mass is 19.4. The van der Waals surface area contributed by atoms with E-state index in [0.29, 0.717) is 6.42 Å². The van der Waals surface area contributed by atoms with Gasteiger partial charge in [0.1, 0.15) is 5.78 Å². The van der Waals surface area contributed by atoms with Crippen molar-refractivity contribution in [2.75, 3.05) is 6.54 Å². The highest BCUT2D eigenvalue weighted by molar-refractivity contribution is 5.80. The molecule has 180 valence electrons. The SMILES string of the molecule is C=C(/C=C\C1=C(C)NCCC1)CCCCC(=O)CC(CC(=O)O)c1cnc(C(F)(F)F)nc1. The molecule has 0 aliphatic carbocycles. The summed E-state index contributed by atoms with van der Waals surface area (Å²) < 4.78 is 37.9. The van der Waals surface area contributed by atoms with Gasteiger partial charge in [-0.2, -0.15) is 13.2 Å². The summed E-state index contributed by atoms with van der Waals surface area (Å²) in [7, 11) is 0. The maximum Gasteiger partial charge on any atom is 0.451 e. The Kier molecular flexibility index (Phi) is 9.81. The molecule has 1 aliphatic rings. The molecule has 2 heterocycles. The van der Waals surface area contributed by atoms with Crippen molar-refractivity contribution < 1.29 is 27.9 Å². The Morgan fingerprint density at radius 1 is 1.21 bits per heavy atom. The van der Waals surface area contributed by atoms with Crippen molar-refractivity contribution in [2.24, 2.45) is 0 Å². The Morgan fingerprint density at radius 3 is 2.48 bits per heavy atom. The van der Waals surface area contributed by atoms with Crippen molar-refractivity contribution in [2.45, 2.75) is 70.4 Å². The molecule has 1 atom stereocenters. The second-order valence-electron chi connectivity index (χ2n) is 8.25. The molecule has 1 unspecified atom stereocenters. The van der Waals surface area contributed by atoms with Gasteiger partial charge in [0.05, 0.1) is 6.42 Å². The van der Waals surface area contributed by atoms with Crippen molar-refractivity contribution in [3.05, 3.63) is 59.4 Å². The van der Waals surface area contributed by atoms with Gasteiger partial charge in [-0.3, -0.25) is 9.59 Å². The number of halogens is 3. The molecule has 0 fully saturated rings. The number of rotatable bonds is 12. The van der Waals surface area contributed by atoms with Crippen LogP contribution in [0.2, 0.25) is 0 Å². The summed E-state index contributed by atoms with van der Waals surface area (Å²) in [5.74, 6) is -3.35. The molecule has 1 aliphatic heterocycles. The Bertz CT molecular complexity index is 906. The Morgan fingerprint density at radius 2 is 1.88 bits per heavy atom. The van der Waals surface area contributed by atoms with E-state index in [2.05, 4.69) is 34.9 Å². The molecule has 0 saturated heterocycles. The molecule has 33 heavy (non-hydrogen) atoms. The maximum atomic E-state index is 12.6. The van der Waals surface area contributed by atoms with Crippen LogP contribution in [0.15, 0.2) is 48.0 Å². The van der Waals surface area contributed by atoms with Crippen molar-refractivity contribution in [3.63, 3.8) is 0 Å². The first kappa shape index (κ1) is 26.3. The standard InChI is InChI=1S/C24H30F3N3O3/c1-16(9-10-18-7-5-11-28-17(18)2)6-3-4-8-21(31)12-19(13-22(32)33)20-14-29-23(30-15-20)24(25,26)27/h9-10,14-15,19,28H,1,3-8,11-13H2,2H3,(H,32,33)/b10-9-. The second kappa shape index (κ2) is 12.3. The van der Waals surface area contributed by atoms with Crippen LogP contribution >= 0.6 is 0 Å². The second-order valence-corrected chi connectivity index (χ2v) is 8.25. The zero-order valence-electron chi connectivity index (χ0n) is 18.7. The fraction of sp³-hybridized carbons (Fsp3) is 0.500. The molecule has 2 N–H and O–H groups in total. The maximum absolute atomic E-state index is 12.6. The molecule has 2 rings (SSSR count). The van der Waals surface area contributed by atoms with Gasteiger partial charge in [0.25, 0.3) is 0 Å². The van der Waals surface area contributed by atoms with Gasteiger partial charge in [-0.05, 0) is 50.2 Å². The fourth-order valence-corrected chi connectivity index (χ4v) is 3.63. The van der Waals surface area contributed by atoms with Crippen LogP contribution in [0.5, 0.6) is 0 Å². The number of hydrogen-bond donors (Lipinski definition) is 2. The van der Waals surface area contributed by atoms with E-state index in [1.54, 1.807) is 0 Å². The molecule has 0 saturated carbocycles. The molecular weight excluding hydrogens is 435 g/mol. The normalized spacial score (nSPS) is 15.4. The Balaban J connectivity index is 1.81. The van der Waals surface area contributed by atoms with Crippen molar-refractivity contribution in [1.82, 2.24) is 15.3 Å². The van der Waals surface area contributed by atoms with Gasteiger partial charge in [-0.25, -0.2) is 9.97 Å². The summed E-state index contributed by atoms with van der Waals surface area (Å²) in [4.78, 5) is 30.1. The van der Waals surface area contributed by atoms with E-state index in [0.717, 1.165) is 50.2 Å². The van der Waals surface area contributed by atoms with Gasteiger partial charge in [0.15, 0.2) is 0 Å². The van der Waals surface area contributed by atoms with E-state index in [-0.39, 0.29) is 30.6 Å². The number of carbonyl (C=O) groups is 2. The molecule has 6 nitrogen and oxygen atoms in total. The number of carbonyl (C=O) groups excluding carboxylic acids is 1. The summed E-state index contributed by atoms with van der Waals surface area (Å²) in [6.07, 6.45) is 5.38. The lowest BCUT2D eigenvalue weighted by Gasteiger charge is -2.17. The molecule has 0 amide bonds. The van der Waals surface area contributed by atoms with E-state index in [4.69, 9.17) is 5.11 Å². The summed E-state index contributed by atoms with van der Waals surface area (Å²) in [5, 5.41) is 12.5. The lowest BCUT2D eigenvalue weighted by Crippen LogP contribution is -2.19. The minimum absolute atomic E-state index is 0.0810. The van der Waals surface area contributed by atoms with Gasteiger partial charge < -0.3 is 10.4 Å². The number of aromatic nitrogens is 2. The van der Waals surface area contributed by atoms with Crippen LogP contribution in [0.3, 0.4) is 0 Å². The van der Waals surface area contributed by atoms with Crippen LogP contribution in [-0.2, 0) is 15.8 Å². The third-order valence-electron chi connectivity index (χ3n) is 5.51. The molecule has 0 radical (unpaired) electrons. The van der Waals surface area contributed by atoms with Crippen molar-refractivity contribution >= 4 is 11.8 Å². The van der Waals surface area contributed by atoms with Gasteiger partial charge in [0, 0.05) is 43.4 Å². The minimum Gasteiger partial charge on any atom is -0.481 e. The summed E-state index contributed by atoms with van der Waals surface area (Å²) in [6, 6.07) is 0. The van der Waals surface area contributed by atoms with Crippen molar-refractivity contribution in [3.8, 4) is 0 Å². The number of ketones is 1. The summed E-state index contributed by atoms with van der Waals surface area (Å²) in [6.45, 7) is 7.11. The first-order valence-electron chi connectivity index (χ1n) is 11.0. The number of unbranched alkanes of at least 4 members (excludes halogenated alkanes) is 1. The van der Waals surface area contributed by atoms with E-state index in [1.165, 1.54) is 11.3 Å². The lowest BCUT2D eigenvalue weighted by atomic mass is 9.91. The number of Topliss-reactive ketones (excluding diaryl/α,β-unsaturated/α-hetero) is 1. The fourth-order valence-electron chi connectivity index (χ4n) is 3.63. The molecule has 0 aromatic carbocycles. The topological polar surface area (TPSA) is 92.2 Å². The van der Waals surface area contributed by atoms with Crippen LogP contribution < -0.4 is 5.32 Å². The summed E-state index contributed by atoms with van der Waals surface area (Å²) in [5.41, 5.74) is 3.64. The van der Waals surface area contributed by atoms with Gasteiger partial charge in [-0.15, -0.1) is 0 Å². The molecule has 9 heteroatoms. The molecule has 0 bridgehead atoms. The molecule has 1 aromatic rings. The van der Waals surface area contributed by atoms with E-state index < -0.39 is 23.9 Å². The number of nitrogens with zero attached hydrogens (tertiary/aromatic N) is 2. The number of allylic oxidation sites excluding steroid dienone is 5. The Labute approximate surface area is 191 Å². The number of hydrogen-bond acceptors (Lipinski definition) is 5. The van der Waals surface area contributed by atoms with Gasteiger partial charge >= 0.3 is 12.1 Å². The average Bonchev–Trinajstić information content (AvgIpc) is 2.75. The van der Waals surface area contributed by atoms with E-state index in [1.807, 2.05) is 6.08 Å². The average molecular weight is 466 g/mol. The highest BCUT2D eigenvalue weighted by Gasteiger charge is 2.34. The molecule has 1 aromatic heterocycles. The highest BCUT2D eigenvalue weighted by Crippen LogP contribution is 2.28. The molecular formula is C24H30F3N3O3. The Hall–Kier alpha value is -2.97. The van der Waals surface area contributed by atoms with Crippen LogP contribution in [-0.4, -0.2) is 33.4 Å². The van der Waals surface area contributed by atoms with Crippen LogP contribution in [0.4, 0.5) is 13.2 Å². The molecule has 0 spiro atoms. The predicted octanol–water partition coefficient (Wildman–Crippen LogP) is 5.34. The van der Waals surface area contributed by atoms with Crippen LogP contribution in [0, 0.1) is 0 Å². The van der Waals surface area contributed by atoms with E-state index >= 15 is 0 Å². The zero-order valence-corrected chi connectivity index (χ0v) is 18.7. The number of nitrogens with one attached hydrogen (secondary N) is 1. The summed E-state index contributed by atoms with van der Waals surface area (Å²) >= 11 is 0. The van der Waals surface area contributed by atoms with Crippen LogP contribution in [0.1, 0.15) is 75.6 Å². The number of carboxylic acids is 1. The zero-order chi connectivity index (χ0) is 24.4. The number of alkyl halides is 3. The largest absolute Gasteiger partial charge is 0.481 e.